The van der Waals surface area contributed by atoms with Gasteiger partial charge in [0.05, 0.1) is 0 Å². The van der Waals surface area contributed by atoms with Crippen molar-refractivity contribution >= 4 is 11.8 Å². The van der Waals surface area contributed by atoms with Crippen LogP contribution in [0.5, 0.6) is 0 Å². The van der Waals surface area contributed by atoms with Crippen molar-refractivity contribution in [1.82, 2.24) is 10.2 Å². The van der Waals surface area contributed by atoms with Crippen LogP contribution in [0.2, 0.25) is 0 Å². The molecule has 1 heterocycles. The zero-order valence-corrected chi connectivity index (χ0v) is 11.8. The molecule has 1 atom stereocenters. The van der Waals surface area contributed by atoms with Crippen LogP contribution < -0.4 is 5.32 Å². The number of carbonyl (C=O) groups is 2. The number of hydrogen-bond donors (Lipinski definition) is 1. The van der Waals surface area contributed by atoms with Crippen LogP contribution in [0.3, 0.4) is 0 Å². The molecule has 0 aliphatic carbocycles. The third-order valence-corrected chi connectivity index (χ3v) is 3.04. The number of likely N-dealkylation sites (tertiary alicyclic amines) is 1. The summed E-state index contributed by atoms with van der Waals surface area (Å²) in [5.74, 6) is 0.271. The maximum atomic E-state index is 11.8. The molecule has 0 spiro atoms. The minimum atomic E-state index is -0.138. The van der Waals surface area contributed by atoms with Crippen molar-refractivity contribution in [2.45, 2.75) is 39.7 Å². The molecule has 1 aliphatic rings. The van der Waals surface area contributed by atoms with Crippen LogP contribution >= 0.6 is 0 Å². The van der Waals surface area contributed by atoms with Crippen molar-refractivity contribution < 1.29 is 14.3 Å². The summed E-state index contributed by atoms with van der Waals surface area (Å²) in [4.78, 5) is 25.1. The Kier molecular flexibility index (Phi) is 5.14. The van der Waals surface area contributed by atoms with Gasteiger partial charge in [0.1, 0.15) is 6.61 Å². The number of amides is 2. The first-order valence-corrected chi connectivity index (χ1v) is 6.49. The highest BCUT2D eigenvalue weighted by molar-refractivity contribution is 5.80. The lowest BCUT2D eigenvalue weighted by Gasteiger charge is -2.32. The molecule has 1 saturated heterocycles. The summed E-state index contributed by atoms with van der Waals surface area (Å²) >= 11 is 0. The van der Waals surface area contributed by atoms with Gasteiger partial charge in [-0.2, -0.15) is 0 Å². The van der Waals surface area contributed by atoms with Gasteiger partial charge in [0, 0.05) is 37.6 Å². The molecule has 1 unspecified atom stereocenters. The highest BCUT2D eigenvalue weighted by atomic mass is 16.5. The summed E-state index contributed by atoms with van der Waals surface area (Å²) in [5, 5.41) is 2.81. The average Bonchev–Trinajstić information content (AvgIpc) is 2.65. The smallest absolute Gasteiger partial charge is 0.246 e. The topological polar surface area (TPSA) is 58.6 Å². The molecule has 2 amide bonds. The van der Waals surface area contributed by atoms with Crippen LogP contribution in [0, 0.1) is 5.92 Å². The zero-order chi connectivity index (χ0) is 13.8. The first kappa shape index (κ1) is 15.0. The van der Waals surface area contributed by atoms with Gasteiger partial charge in [-0.15, -0.1) is 0 Å². The first-order valence-electron chi connectivity index (χ1n) is 6.49. The largest absolute Gasteiger partial charge is 0.372 e. The number of rotatable bonds is 5. The minimum Gasteiger partial charge on any atom is -0.372 e. The van der Waals surface area contributed by atoms with E-state index in [1.807, 2.05) is 32.6 Å². The first-order chi connectivity index (χ1) is 8.34. The van der Waals surface area contributed by atoms with Gasteiger partial charge >= 0.3 is 0 Å². The zero-order valence-electron chi connectivity index (χ0n) is 11.8. The van der Waals surface area contributed by atoms with E-state index in [1.54, 1.807) is 0 Å². The molecule has 0 bridgehead atoms. The van der Waals surface area contributed by atoms with Gasteiger partial charge < -0.3 is 15.0 Å². The Bertz CT molecular complexity index is 310. The van der Waals surface area contributed by atoms with Gasteiger partial charge in [-0.3, -0.25) is 9.59 Å². The Morgan fingerprint density at radius 1 is 1.50 bits per heavy atom. The SMILES string of the molecule is CCOCC(=O)NCC1CC(=O)N(C(C)(C)C)C1. The van der Waals surface area contributed by atoms with E-state index >= 15 is 0 Å². The lowest BCUT2D eigenvalue weighted by molar-refractivity contribution is -0.131. The molecule has 0 aromatic carbocycles. The number of nitrogens with one attached hydrogen (secondary N) is 1. The predicted molar refractivity (Wildman–Crippen MR) is 69.1 cm³/mol. The lowest BCUT2D eigenvalue weighted by Crippen LogP contribution is -2.43. The quantitative estimate of drug-likeness (QED) is 0.791. The molecule has 0 aromatic rings. The van der Waals surface area contributed by atoms with E-state index in [4.69, 9.17) is 4.74 Å². The van der Waals surface area contributed by atoms with E-state index in [0.717, 1.165) is 6.54 Å². The second kappa shape index (κ2) is 6.18. The number of carbonyl (C=O) groups excluding carboxylic acids is 2. The third kappa shape index (κ3) is 4.29. The molecule has 0 aromatic heterocycles. The molecule has 1 aliphatic heterocycles. The summed E-state index contributed by atoms with van der Waals surface area (Å²) in [6, 6.07) is 0. The molecule has 5 nitrogen and oxygen atoms in total. The van der Waals surface area contributed by atoms with Crippen molar-refractivity contribution in [3.05, 3.63) is 0 Å². The van der Waals surface area contributed by atoms with Crippen LogP contribution in [0.15, 0.2) is 0 Å². The minimum absolute atomic E-state index is 0.0974. The van der Waals surface area contributed by atoms with E-state index in [9.17, 15) is 9.59 Å². The van der Waals surface area contributed by atoms with Gasteiger partial charge in [0.25, 0.3) is 0 Å². The molecule has 18 heavy (non-hydrogen) atoms. The van der Waals surface area contributed by atoms with E-state index < -0.39 is 0 Å². The van der Waals surface area contributed by atoms with Gasteiger partial charge in [0.2, 0.25) is 11.8 Å². The summed E-state index contributed by atoms with van der Waals surface area (Å²) in [7, 11) is 0. The third-order valence-electron chi connectivity index (χ3n) is 3.04. The van der Waals surface area contributed by atoms with Crippen LogP contribution in [0.4, 0.5) is 0 Å². The van der Waals surface area contributed by atoms with Crippen LogP contribution in [0.25, 0.3) is 0 Å². The fraction of sp³-hybridized carbons (Fsp3) is 0.846. The highest BCUT2D eigenvalue weighted by Gasteiger charge is 2.35. The van der Waals surface area contributed by atoms with E-state index in [-0.39, 0.29) is 29.9 Å². The normalized spacial score (nSPS) is 20.3. The fourth-order valence-corrected chi connectivity index (χ4v) is 2.07. The van der Waals surface area contributed by atoms with Crippen molar-refractivity contribution in [2.24, 2.45) is 5.92 Å². The number of nitrogens with zero attached hydrogens (tertiary/aromatic N) is 1. The Morgan fingerprint density at radius 3 is 2.67 bits per heavy atom. The summed E-state index contributed by atoms with van der Waals surface area (Å²) in [5.41, 5.74) is -0.138. The van der Waals surface area contributed by atoms with Gasteiger partial charge in [-0.05, 0) is 27.7 Å². The maximum absolute atomic E-state index is 11.8. The number of ether oxygens (including phenoxy) is 1. The highest BCUT2D eigenvalue weighted by Crippen LogP contribution is 2.25. The second-order valence-electron chi connectivity index (χ2n) is 5.69. The maximum Gasteiger partial charge on any atom is 0.246 e. The molecule has 0 saturated carbocycles. The van der Waals surface area contributed by atoms with Crippen LogP contribution in [-0.2, 0) is 14.3 Å². The van der Waals surface area contributed by atoms with Crippen molar-refractivity contribution in [3.63, 3.8) is 0 Å². The number of hydrogen-bond acceptors (Lipinski definition) is 3. The Labute approximate surface area is 109 Å². The van der Waals surface area contributed by atoms with E-state index in [0.29, 0.717) is 19.6 Å². The summed E-state index contributed by atoms with van der Waals surface area (Å²) in [6.45, 7) is 9.84. The molecule has 104 valence electrons. The van der Waals surface area contributed by atoms with Gasteiger partial charge in [-0.1, -0.05) is 0 Å². The van der Waals surface area contributed by atoms with Crippen molar-refractivity contribution in [3.8, 4) is 0 Å². The summed E-state index contributed by atoms with van der Waals surface area (Å²) in [6.07, 6.45) is 0.520. The Morgan fingerprint density at radius 2 is 2.17 bits per heavy atom. The lowest BCUT2D eigenvalue weighted by atomic mass is 10.1. The molecular formula is C13H24N2O3. The second-order valence-corrected chi connectivity index (χ2v) is 5.69. The molecule has 0 radical (unpaired) electrons. The van der Waals surface area contributed by atoms with Crippen LogP contribution in [0.1, 0.15) is 34.1 Å². The van der Waals surface area contributed by atoms with E-state index in [2.05, 4.69) is 5.32 Å². The molecule has 1 rings (SSSR count). The molecule has 1 fully saturated rings. The molecule has 1 N–H and O–H groups in total. The molecular weight excluding hydrogens is 232 g/mol. The van der Waals surface area contributed by atoms with Crippen LogP contribution in [-0.4, -0.2) is 48.6 Å². The van der Waals surface area contributed by atoms with Crippen molar-refractivity contribution in [2.75, 3.05) is 26.3 Å². The van der Waals surface area contributed by atoms with Crippen molar-refractivity contribution in [1.29, 1.82) is 0 Å². The summed E-state index contributed by atoms with van der Waals surface area (Å²) < 4.78 is 5.02. The van der Waals surface area contributed by atoms with Gasteiger partial charge in [-0.25, -0.2) is 0 Å². The van der Waals surface area contributed by atoms with Gasteiger partial charge in [0.15, 0.2) is 0 Å². The Balaban J connectivity index is 2.34. The molecule has 5 heteroatoms. The average molecular weight is 256 g/mol. The monoisotopic (exact) mass is 256 g/mol. The standard InChI is InChI=1S/C13H24N2O3/c1-5-18-9-11(16)14-7-10-6-12(17)15(8-10)13(2,3)4/h10H,5-9H2,1-4H3,(H,14,16). The Hall–Kier alpha value is -1.10. The fourth-order valence-electron chi connectivity index (χ4n) is 2.07. The predicted octanol–water partition coefficient (Wildman–Crippen LogP) is 0.786. The van der Waals surface area contributed by atoms with E-state index in [1.165, 1.54) is 0 Å².